The van der Waals surface area contributed by atoms with Gasteiger partial charge in [0.2, 0.25) is 0 Å². The van der Waals surface area contributed by atoms with Gasteiger partial charge in [0.25, 0.3) is 0 Å². The minimum Gasteiger partial charge on any atom is -0.383 e. The van der Waals surface area contributed by atoms with E-state index in [0.717, 1.165) is 0 Å². The van der Waals surface area contributed by atoms with Crippen molar-refractivity contribution in [3.8, 4) is 0 Å². The van der Waals surface area contributed by atoms with Crippen LogP contribution in [0.15, 0.2) is 0 Å². The van der Waals surface area contributed by atoms with E-state index in [1.54, 1.807) is 0 Å². The van der Waals surface area contributed by atoms with Crippen molar-refractivity contribution in [3.05, 3.63) is 0 Å². The second-order valence-electron chi connectivity index (χ2n) is 2.57. The van der Waals surface area contributed by atoms with Gasteiger partial charge < -0.3 is 4.74 Å². The van der Waals surface area contributed by atoms with Crippen LogP contribution in [-0.4, -0.2) is 49.8 Å². The van der Waals surface area contributed by atoms with Gasteiger partial charge in [0.15, 0.2) is 0 Å². The third-order valence-electron chi connectivity index (χ3n) is 1.42. The van der Waals surface area contributed by atoms with Crippen molar-refractivity contribution in [2.45, 2.75) is 6.18 Å². The van der Waals surface area contributed by atoms with Crippen molar-refractivity contribution in [1.29, 1.82) is 0 Å². The molecule has 6 heteroatoms. The summed E-state index contributed by atoms with van der Waals surface area (Å²) >= 11 is 3.10. The molecule has 0 aromatic carbocycles. The van der Waals surface area contributed by atoms with Crippen LogP contribution in [0.25, 0.3) is 0 Å². The predicted octanol–water partition coefficient (Wildman–Crippen LogP) is 1.89. The van der Waals surface area contributed by atoms with Crippen LogP contribution >= 0.6 is 15.9 Å². The van der Waals surface area contributed by atoms with Crippen molar-refractivity contribution >= 4 is 15.9 Å². The molecular formula is C7H13BrF3NO. The van der Waals surface area contributed by atoms with Gasteiger partial charge in [0, 0.05) is 25.5 Å². The topological polar surface area (TPSA) is 12.5 Å². The smallest absolute Gasteiger partial charge is 0.383 e. The number of alkyl halides is 4. The number of nitrogens with zero attached hydrogens (tertiary/aromatic N) is 1. The molecule has 0 aromatic rings. The van der Waals surface area contributed by atoms with E-state index in [1.165, 1.54) is 12.0 Å². The molecule has 0 aliphatic carbocycles. The highest BCUT2D eigenvalue weighted by atomic mass is 79.9. The van der Waals surface area contributed by atoms with Crippen molar-refractivity contribution in [2.24, 2.45) is 0 Å². The van der Waals surface area contributed by atoms with Gasteiger partial charge in [0.05, 0.1) is 13.2 Å². The molecule has 0 saturated carbocycles. The largest absolute Gasteiger partial charge is 0.401 e. The third-order valence-corrected chi connectivity index (χ3v) is 1.77. The summed E-state index contributed by atoms with van der Waals surface area (Å²) in [5.74, 6) is 0. The Morgan fingerprint density at radius 3 is 2.31 bits per heavy atom. The summed E-state index contributed by atoms with van der Waals surface area (Å²) in [6, 6.07) is 0. The number of hydrogen-bond acceptors (Lipinski definition) is 2. The third kappa shape index (κ3) is 8.52. The molecule has 0 atom stereocenters. The Bertz CT molecular complexity index is 131. The van der Waals surface area contributed by atoms with Gasteiger partial charge in [-0.15, -0.1) is 0 Å². The first kappa shape index (κ1) is 13.2. The quantitative estimate of drug-likeness (QED) is 0.679. The fourth-order valence-corrected chi connectivity index (χ4v) is 1.36. The first-order valence-corrected chi connectivity index (χ1v) is 4.95. The standard InChI is InChI=1S/C7H13BrF3NO/c1-13-5-4-12(3-2-8)6-7(9,10)11/h2-6H2,1H3. The predicted molar refractivity (Wildman–Crippen MR) is 48.2 cm³/mol. The lowest BCUT2D eigenvalue weighted by molar-refractivity contribution is -0.146. The van der Waals surface area contributed by atoms with Crippen LogP contribution in [0.1, 0.15) is 0 Å². The molecule has 0 spiro atoms. The van der Waals surface area contributed by atoms with Gasteiger partial charge in [-0.1, -0.05) is 15.9 Å². The number of halogens is 4. The average molecular weight is 264 g/mol. The fourth-order valence-electron chi connectivity index (χ4n) is 0.863. The molecule has 0 aliphatic rings. The van der Waals surface area contributed by atoms with Gasteiger partial charge in [-0.05, 0) is 0 Å². The second kappa shape index (κ2) is 6.62. The lowest BCUT2D eigenvalue weighted by Crippen LogP contribution is -2.37. The lowest BCUT2D eigenvalue weighted by Gasteiger charge is -2.21. The second-order valence-corrected chi connectivity index (χ2v) is 3.37. The molecule has 0 saturated heterocycles. The van der Waals surface area contributed by atoms with Crippen molar-refractivity contribution in [1.82, 2.24) is 4.90 Å². The monoisotopic (exact) mass is 263 g/mol. The molecule has 80 valence electrons. The minimum absolute atomic E-state index is 0.307. The molecule has 0 aromatic heterocycles. The minimum atomic E-state index is -4.13. The molecule has 0 unspecified atom stereocenters. The molecule has 0 aliphatic heterocycles. The zero-order chi connectivity index (χ0) is 10.3. The first-order chi connectivity index (χ1) is 5.99. The SMILES string of the molecule is COCCN(CCBr)CC(F)(F)F. The van der Waals surface area contributed by atoms with Crippen LogP contribution in [0.2, 0.25) is 0 Å². The van der Waals surface area contributed by atoms with E-state index < -0.39 is 12.7 Å². The Balaban J connectivity index is 3.79. The average Bonchev–Trinajstić information content (AvgIpc) is 1.98. The molecular weight excluding hydrogens is 251 g/mol. The van der Waals surface area contributed by atoms with E-state index in [-0.39, 0.29) is 0 Å². The highest BCUT2D eigenvalue weighted by Crippen LogP contribution is 2.16. The van der Waals surface area contributed by atoms with Crippen LogP contribution in [0.5, 0.6) is 0 Å². The summed E-state index contributed by atoms with van der Waals surface area (Å²) in [7, 11) is 1.47. The maximum absolute atomic E-state index is 12.0. The van der Waals surface area contributed by atoms with Gasteiger partial charge in [-0.25, -0.2) is 0 Å². The number of ether oxygens (including phenoxy) is 1. The van der Waals surface area contributed by atoms with Crippen molar-refractivity contribution in [2.75, 3.05) is 38.7 Å². The maximum Gasteiger partial charge on any atom is 0.401 e. The highest BCUT2D eigenvalue weighted by molar-refractivity contribution is 9.09. The van der Waals surface area contributed by atoms with Crippen LogP contribution in [0.3, 0.4) is 0 Å². The van der Waals surface area contributed by atoms with Gasteiger partial charge in [-0.3, -0.25) is 4.90 Å². The van der Waals surface area contributed by atoms with E-state index in [9.17, 15) is 13.2 Å². The van der Waals surface area contributed by atoms with Crippen LogP contribution in [0, 0.1) is 0 Å². The Morgan fingerprint density at radius 1 is 1.31 bits per heavy atom. The molecule has 0 bridgehead atoms. The Kier molecular flexibility index (Phi) is 6.71. The number of rotatable bonds is 6. The van der Waals surface area contributed by atoms with Crippen molar-refractivity contribution in [3.63, 3.8) is 0 Å². The molecule has 0 heterocycles. The molecule has 0 rings (SSSR count). The zero-order valence-corrected chi connectivity index (χ0v) is 8.99. The fraction of sp³-hybridized carbons (Fsp3) is 1.00. The van der Waals surface area contributed by atoms with Crippen molar-refractivity contribution < 1.29 is 17.9 Å². The van der Waals surface area contributed by atoms with Gasteiger partial charge in [-0.2, -0.15) is 13.2 Å². The summed E-state index contributed by atoms with van der Waals surface area (Å²) in [4.78, 5) is 1.30. The van der Waals surface area contributed by atoms with Crippen LogP contribution < -0.4 is 0 Å². The lowest BCUT2D eigenvalue weighted by atomic mass is 10.4. The molecule has 0 fully saturated rings. The van der Waals surface area contributed by atoms with E-state index in [0.29, 0.717) is 25.0 Å². The summed E-state index contributed by atoms with van der Waals surface area (Å²) in [6.45, 7) is 0.134. The summed E-state index contributed by atoms with van der Waals surface area (Å²) in [5, 5.41) is 0.535. The number of methoxy groups -OCH3 is 1. The number of hydrogen-bond donors (Lipinski definition) is 0. The van der Waals surface area contributed by atoms with E-state index in [2.05, 4.69) is 15.9 Å². The zero-order valence-electron chi connectivity index (χ0n) is 7.40. The molecule has 13 heavy (non-hydrogen) atoms. The summed E-state index contributed by atoms with van der Waals surface area (Å²) < 4.78 is 40.6. The highest BCUT2D eigenvalue weighted by Gasteiger charge is 2.30. The molecule has 0 N–H and O–H groups in total. The van der Waals surface area contributed by atoms with Crippen LogP contribution in [-0.2, 0) is 4.74 Å². The molecule has 2 nitrogen and oxygen atoms in total. The normalized spacial score (nSPS) is 12.5. The van der Waals surface area contributed by atoms with E-state index >= 15 is 0 Å². The van der Waals surface area contributed by atoms with Crippen LogP contribution in [0.4, 0.5) is 13.2 Å². The molecule has 0 amide bonds. The maximum atomic E-state index is 12.0. The Labute approximate surface area is 84.2 Å². The summed E-state index contributed by atoms with van der Waals surface area (Å²) in [6.07, 6.45) is -4.13. The first-order valence-electron chi connectivity index (χ1n) is 3.83. The van der Waals surface area contributed by atoms with E-state index in [4.69, 9.17) is 4.74 Å². The Hall–Kier alpha value is 0.190. The van der Waals surface area contributed by atoms with Gasteiger partial charge >= 0.3 is 6.18 Å². The molecule has 0 radical (unpaired) electrons. The summed E-state index contributed by atoms with van der Waals surface area (Å²) in [5.41, 5.74) is 0. The van der Waals surface area contributed by atoms with E-state index in [1.807, 2.05) is 0 Å². The van der Waals surface area contributed by atoms with Gasteiger partial charge in [0.1, 0.15) is 0 Å². The Morgan fingerprint density at radius 2 is 1.92 bits per heavy atom.